The first-order chi connectivity index (χ1) is 16.1. The van der Waals surface area contributed by atoms with Gasteiger partial charge in [-0.05, 0) is 42.5 Å². The molecule has 0 unspecified atom stereocenters. The van der Waals surface area contributed by atoms with Crippen LogP contribution in [0.15, 0.2) is 54.6 Å². The molecule has 7 heteroatoms. The van der Waals surface area contributed by atoms with Gasteiger partial charge in [-0.3, -0.25) is 9.59 Å². The molecule has 3 fully saturated rings. The number of hydrogen-bond acceptors (Lipinski definition) is 4. The largest absolute Gasteiger partial charge is 0.381 e. The molecule has 2 atom stereocenters. The molecule has 2 amide bonds. The van der Waals surface area contributed by atoms with Gasteiger partial charge in [0.15, 0.2) is 5.60 Å². The molecule has 0 aromatic heterocycles. The minimum atomic E-state index is -1.13. The van der Waals surface area contributed by atoms with Crippen molar-refractivity contribution >= 4 is 11.8 Å². The summed E-state index contributed by atoms with van der Waals surface area (Å²) in [6, 6.07) is 15.6. The molecular weight excluding hydrogens is 423 g/mol. The molecule has 5 rings (SSSR count). The van der Waals surface area contributed by atoms with Crippen molar-refractivity contribution in [2.45, 2.75) is 24.4 Å². The average Bonchev–Trinajstić information content (AvgIpc) is 3.10. The van der Waals surface area contributed by atoms with Crippen molar-refractivity contribution in [2.24, 2.45) is 5.92 Å². The number of carbonyl (C=O) groups is 2. The van der Waals surface area contributed by atoms with Crippen molar-refractivity contribution < 1.29 is 23.5 Å². The van der Waals surface area contributed by atoms with Gasteiger partial charge in [-0.2, -0.15) is 0 Å². The van der Waals surface area contributed by atoms with Gasteiger partial charge in [0.05, 0.1) is 13.2 Å². The Bertz CT molecular complexity index is 1010. The van der Waals surface area contributed by atoms with Crippen LogP contribution < -0.4 is 0 Å². The molecule has 0 radical (unpaired) electrons. The van der Waals surface area contributed by atoms with Crippen LogP contribution in [0.25, 0.3) is 0 Å². The van der Waals surface area contributed by atoms with Gasteiger partial charge in [-0.25, -0.2) is 4.39 Å². The van der Waals surface area contributed by atoms with Crippen molar-refractivity contribution in [1.82, 2.24) is 9.80 Å². The van der Waals surface area contributed by atoms with Crippen molar-refractivity contribution in [3.05, 3.63) is 71.5 Å². The summed E-state index contributed by atoms with van der Waals surface area (Å²) in [7, 11) is 0. The van der Waals surface area contributed by atoms with Gasteiger partial charge in [-0.15, -0.1) is 0 Å². The number of nitrogens with zero attached hydrogens (tertiary/aromatic N) is 2. The maximum atomic E-state index is 13.9. The molecular formula is C26H29FN2O4. The van der Waals surface area contributed by atoms with E-state index in [-0.39, 0.29) is 36.4 Å². The average molecular weight is 453 g/mol. The van der Waals surface area contributed by atoms with E-state index in [2.05, 4.69) is 0 Å². The van der Waals surface area contributed by atoms with Crippen molar-refractivity contribution in [2.75, 3.05) is 46.0 Å². The van der Waals surface area contributed by atoms with Gasteiger partial charge in [0.2, 0.25) is 0 Å². The first-order valence-corrected chi connectivity index (χ1v) is 11.7. The smallest absolute Gasteiger partial charge is 0.257 e. The molecule has 6 nitrogen and oxygen atoms in total. The van der Waals surface area contributed by atoms with E-state index >= 15 is 0 Å². The predicted molar refractivity (Wildman–Crippen MR) is 120 cm³/mol. The third kappa shape index (κ3) is 4.27. The Morgan fingerprint density at radius 1 is 1.06 bits per heavy atom. The minimum Gasteiger partial charge on any atom is -0.381 e. The molecule has 0 aliphatic carbocycles. The summed E-state index contributed by atoms with van der Waals surface area (Å²) < 4.78 is 25.5. The maximum Gasteiger partial charge on any atom is 0.257 e. The van der Waals surface area contributed by atoms with E-state index in [1.165, 1.54) is 18.2 Å². The van der Waals surface area contributed by atoms with E-state index in [1.807, 2.05) is 35.2 Å². The number of benzene rings is 2. The molecule has 33 heavy (non-hydrogen) atoms. The number of amides is 2. The summed E-state index contributed by atoms with van der Waals surface area (Å²) in [5, 5.41) is 0. The Morgan fingerprint density at radius 2 is 1.85 bits per heavy atom. The highest BCUT2D eigenvalue weighted by molar-refractivity contribution is 5.96. The predicted octanol–water partition coefficient (Wildman–Crippen LogP) is 3.09. The number of carbonyl (C=O) groups excluding carboxylic acids is 2. The number of halogens is 1. The molecule has 0 saturated carbocycles. The van der Waals surface area contributed by atoms with Gasteiger partial charge in [-0.1, -0.05) is 36.4 Å². The van der Waals surface area contributed by atoms with Crippen LogP contribution in [0.3, 0.4) is 0 Å². The molecule has 0 bridgehead atoms. The Hall–Kier alpha value is -2.77. The standard InChI is InChI=1S/C26H29FN2O4/c27-22-8-4-7-21(15-22)24(30)28-11-14-33-26(18-28)23(20-5-2-1-3-6-20)17-29(25(26)31)16-19-9-12-32-13-10-19/h1-8,15,19,23H,9-14,16-18H2/t23-,26+/m1/s1. The molecule has 174 valence electrons. The van der Waals surface area contributed by atoms with Gasteiger partial charge in [0.25, 0.3) is 11.8 Å². The first-order valence-electron chi connectivity index (χ1n) is 11.7. The Balaban J connectivity index is 1.44. The van der Waals surface area contributed by atoms with E-state index in [4.69, 9.17) is 9.47 Å². The fourth-order valence-corrected chi connectivity index (χ4v) is 5.39. The summed E-state index contributed by atoms with van der Waals surface area (Å²) in [6.45, 7) is 3.48. The lowest BCUT2D eigenvalue weighted by Gasteiger charge is -2.42. The SMILES string of the molecule is O=C(c1cccc(F)c1)N1CCO[C@]2(C1)C(=O)N(CC1CCOCC1)C[C@@H]2c1ccccc1. The second-order valence-corrected chi connectivity index (χ2v) is 9.20. The van der Waals surface area contributed by atoms with E-state index < -0.39 is 11.4 Å². The van der Waals surface area contributed by atoms with Gasteiger partial charge in [0.1, 0.15) is 5.82 Å². The minimum absolute atomic E-state index is 0.0559. The normalized spacial score (nSPS) is 26.2. The lowest BCUT2D eigenvalue weighted by atomic mass is 9.83. The summed E-state index contributed by atoms with van der Waals surface area (Å²) in [5.41, 5.74) is 0.182. The van der Waals surface area contributed by atoms with Crippen LogP contribution >= 0.6 is 0 Å². The van der Waals surface area contributed by atoms with Crippen LogP contribution in [0.5, 0.6) is 0 Å². The van der Waals surface area contributed by atoms with Gasteiger partial charge < -0.3 is 19.3 Å². The van der Waals surface area contributed by atoms with Crippen LogP contribution in [-0.4, -0.2) is 73.2 Å². The highest BCUT2D eigenvalue weighted by atomic mass is 19.1. The monoisotopic (exact) mass is 452 g/mol. The molecule has 0 N–H and O–H groups in total. The van der Waals surface area contributed by atoms with Gasteiger partial charge >= 0.3 is 0 Å². The van der Waals surface area contributed by atoms with E-state index in [0.717, 1.165) is 31.6 Å². The Morgan fingerprint density at radius 3 is 2.61 bits per heavy atom. The summed E-state index contributed by atoms with van der Waals surface area (Å²) in [5.74, 6) is -0.568. The van der Waals surface area contributed by atoms with E-state index in [1.54, 1.807) is 11.0 Å². The molecule has 3 aliphatic heterocycles. The summed E-state index contributed by atoms with van der Waals surface area (Å²) in [6.07, 6.45) is 1.88. The van der Waals surface area contributed by atoms with Crippen molar-refractivity contribution in [1.29, 1.82) is 0 Å². The number of likely N-dealkylation sites (tertiary alicyclic amines) is 1. The first kappa shape index (κ1) is 22.0. The number of ether oxygens (including phenoxy) is 2. The van der Waals surface area contributed by atoms with Crippen LogP contribution in [0.2, 0.25) is 0 Å². The number of rotatable bonds is 4. The number of hydrogen-bond donors (Lipinski definition) is 0. The van der Waals surface area contributed by atoms with Crippen LogP contribution in [-0.2, 0) is 14.3 Å². The fraction of sp³-hybridized carbons (Fsp3) is 0.462. The van der Waals surface area contributed by atoms with E-state index in [0.29, 0.717) is 25.6 Å². The molecule has 3 saturated heterocycles. The third-order valence-corrected chi connectivity index (χ3v) is 7.14. The molecule has 2 aromatic rings. The quantitative estimate of drug-likeness (QED) is 0.716. The Labute approximate surface area is 193 Å². The fourth-order valence-electron chi connectivity index (χ4n) is 5.39. The maximum absolute atomic E-state index is 13.9. The number of morpholine rings is 1. The third-order valence-electron chi connectivity index (χ3n) is 7.14. The summed E-state index contributed by atoms with van der Waals surface area (Å²) >= 11 is 0. The molecule has 2 aromatic carbocycles. The second kappa shape index (κ2) is 9.23. The van der Waals surface area contributed by atoms with Crippen LogP contribution in [0, 0.1) is 11.7 Å². The van der Waals surface area contributed by atoms with Crippen molar-refractivity contribution in [3.8, 4) is 0 Å². The highest BCUT2D eigenvalue weighted by Crippen LogP contribution is 2.43. The molecule has 3 aliphatic rings. The zero-order valence-electron chi connectivity index (χ0n) is 18.6. The van der Waals surface area contributed by atoms with Crippen molar-refractivity contribution in [3.63, 3.8) is 0 Å². The zero-order chi connectivity index (χ0) is 22.8. The Kier molecular flexibility index (Phi) is 6.17. The topological polar surface area (TPSA) is 59.1 Å². The van der Waals surface area contributed by atoms with Gasteiger partial charge in [0, 0.05) is 44.3 Å². The lowest BCUT2D eigenvalue weighted by molar-refractivity contribution is -0.160. The van der Waals surface area contributed by atoms with Crippen LogP contribution in [0.1, 0.15) is 34.7 Å². The molecule has 1 spiro atoms. The van der Waals surface area contributed by atoms with E-state index in [9.17, 15) is 14.0 Å². The summed E-state index contributed by atoms with van der Waals surface area (Å²) in [4.78, 5) is 30.6. The highest BCUT2D eigenvalue weighted by Gasteiger charge is 2.58. The van der Waals surface area contributed by atoms with Crippen LogP contribution in [0.4, 0.5) is 4.39 Å². The zero-order valence-corrected chi connectivity index (χ0v) is 18.6. The lowest BCUT2D eigenvalue weighted by Crippen LogP contribution is -2.59. The molecule has 3 heterocycles. The second-order valence-electron chi connectivity index (χ2n) is 9.20.